The number of carbonyl (C=O) groups is 4. The number of hydrogen-bond donors (Lipinski definition) is 3. The van der Waals surface area contributed by atoms with Crippen LogP contribution < -0.4 is 0 Å². The molecule has 0 saturated carbocycles. The van der Waals surface area contributed by atoms with Crippen LogP contribution in [0.3, 0.4) is 0 Å². The Kier molecular flexibility index (Phi) is 78.8. The third kappa shape index (κ3) is 82.1. The summed E-state index contributed by atoms with van der Waals surface area (Å²) in [5.41, 5.74) is 0. The van der Waals surface area contributed by atoms with Gasteiger partial charge in [-0.2, -0.15) is 0 Å². The topological polar surface area (TPSA) is 237 Å². The molecular formula is C89H174O17P2. The SMILES string of the molecule is CCCCCCCCCCCCCCCCCCCCCCCC(=O)O[C@H](COC(=O)CCCCCCCCCCCCCCCCCCCCC)COP(=O)(O)OC[C@@H](O)COP(=O)(O)OC[C@@H](COC(=O)CCCCCCCCCCCC(C)C)OC(=O)CCCCCCCCCCCCCCCC(C)C. The predicted octanol–water partition coefficient (Wildman–Crippen LogP) is 27.4. The zero-order valence-electron chi connectivity index (χ0n) is 71.2. The number of rotatable bonds is 88. The van der Waals surface area contributed by atoms with E-state index in [1.807, 2.05) is 0 Å². The van der Waals surface area contributed by atoms with E-state index in [1.54, 1.807) is 0 Å². The predicted molar refractivity (Wildman–Crippen MR) is 446 cm³/mol. The Morgan fingerprint density at radius 1 is 0.250 bits per heavy atom. The highest BCUT2D eigenvalue weighted by Gasteiger charge is 2.31. The molecule has 3 N–H and O–H groups in total. The van der Waals surface area contributed by atoms with Gasteiger partial charge in [0, 0.05) is 25.7 Å². The van der Waals surface area contributed by atoms with Crippen LogP contribution in [-0.2, 0) is 65.4 Å². The second kappa shape index (κ2) is 80.3. The number of unbranched alkanes of at least 4 members (excludes halogenated alkanes) is 58. The van der Waals surface area contributed by atoms with Crippen molar-refractivity contribution in [2.45, 2.75) is 496 Å². The standard InChI is InChI=1S/C89H174O17P2/c1-7-9-11-13-15-17-19-21-23-25-27-28-30-32-34-38-42-48-55-61-67-73-88(93)105-84(77-99-86(91)71-65-59-53-47-41-37-33-31-29-26-24-22-20-18-16-14-12-10-8-2)79-103-107(95,96)101-75-83(90)76-102-108(97,98)104-80-85(78-100-87(92)72-66-60-54-50-44-46-52-58-64-70-82(5)6)106-89(94)74-68-62-56-49-43-39-35-36-40-45-51-57-63-69-81(3)4/h81-85,90H,7-80H2,1-6H3,(H,95,96)(H,97,98)/t83-,84-,85-/m1/s1. The third-order valence-corrected chi connectivity index (χ3v) is 22.9. The zero-order chi connectivity index (χ0) is 79.2. The van der Waals surface area contributed by atoms with E-state index >= 15 is 0 Å². The van der Waals surface area contributed by atoms with Gasteiger partial charge in [-0.05, 0) is 37.5 Å². The molecule has 0 aliphatic carbocycles. The molecule has 0 aromatic carbocycles. The first-order valence-corrected chi connectivity index (χ1v) is 49.0. The van der Waals surface area contributed by atoms with Crippen LogP contribution in [0.5, 0.6) is 0 Å². The maximum absolute atomic E-state index is 13.2. The second-order valence-electron chi connectivity index (χ2n) is 32.9. The number of phosphoric acid groups is 2. The van der Waals surface area contributed by atoms with Crippen LogP contribution in [-0.4, -0.2) is 96.7 Å². The number of ether oxygens (including phenoxy) is 4. The number of aliphatic hydroxyl groups is 1. The Labute approximate surface area is 664 Å². The van der Waals surface area contributed by atoms with Crippen molar-refractivity contribution < 1.29 is 80.2 Å². The molecule has 0 fully saturated rings. The van der Waals surface area contributed by atoms with E-state index in [0.717, 1.165) is 102 Å². The largest absolute Gasteiger partial charge is 0.472 e. The summed E-state index contributed by atoms with van der Waals surface area (Å²) in [6, 6.07) is 0. The second-order valence-corrected chi connectivity index (χ2v) is 35.8. The fourth-order valence-corrected chi connectivity index (χ4v) is 15.5. The molecule has 5 atom stereocenters. The van der Waals surface area contributed by atoms with Gasteiger partial charge in [0.05, 0.1) is 26.4 Å². The Bertz CT molecular complexity index is 2060. The van der Waals surface area contributed by atoms with Crippen molar-refractivity contribution in [1.82, 2.24) is 0 Å². The van der Waals surface area contributed by atoms with Gasteiger partial charge < -0.3 is 33.8 Å². The van der Waals surface area contributed by atoms with Crippen molar-refractivity contribution in [3.63, 3.8) is 0 Å². The van der Waals surface area contributed by atoms with Crippen molar-refractivity contribution in [2.75, 3.05) is 39.6 Å². The summed E-state index contributed by atoms with van der Waals surface area (Å²) in [5, 5.41) is 10.7. The zero-order valence-corrected chi connectivity index (χ0v) is 73.0. The lowest BCUT2D eigenvalue weighted by molar-refractivity contribution is -0.161. The minimum Gasteiger partial charge on any atom is -0.462 e. The van der Waals surface area contributed by atoms with Crippen LogP contribution in [0.4, 0.5) is 0 Å². The lowest BCUT2D eigenvalue weighted by Crippen LogP contribution is -2.30. The van der Waals surface area contributed by atoms with Crippen LogP contribution >= 0.6 is 15.6 Å². The lowest BCUT2D eigenvalue weighted by atomic mass is 10.0. The molecule has 0 aromatic heterocycles. The molecule has 0 aromatic rings. The van der Waals surface area contributed by atoms with E-state index in [4.69, 9.17) is 37.0 Å². The highest BCUT2D eigenvalue weighted by Crippen LogP contribution is 2.45. The Morgan fingerprint density at radius 2 is 0.426 bits per heavy atom. The summed E-state index contributed by atoms with van der Waals surface area (Å²) in [6.07, 6.45) is 73.7. The van der Waals surface area contributed by atoms with E-state index in [2.05, 4.69) is 41.5 Å². The molecule has 2 unspecified atom stereocenters. The van der Waals surface area contributed by atoms with Gasteiger partial charge in [-0.1, -0.05) is 427 Å². The molecule has 17 nitrogen and oxygen atoms in total. The van der Waals surface area contributed by atoms with Crippen molar-refractivity contribution >= 4 is 39.5 Å². The van der Waals surface area contributed by atoms with E-state index in [9.17, 15) is 43.2 Å². The van der Waals surface area contributed by atoms with Crippen molar-refractivity contribution in [1.29, 1.82) is 0 Å². The minimum atomic E-state index is -4.97. The molecule has 0 rings (SSSR count). The molecule has 0 heterocycles. The summed E-state index contributed by atoms with van der Waals surface area (Å²) < 4.78 is 69.0. The lowest BCUT2D eigenvalue weighted by Gasteiger charge is -2.21. The maximum Gasteiger partial charge on any atom is 0.472 e. The van der Waals surface area contributed by atoms with Crippen LogP contribution in [0, 0.1) is 11.8 Å². The summed E-state index contributed by atoms with van der Waals surface area (Å²) in [4.78, 5) is 73.4. The molecule has 0 bridgehead atoms. The Hall–Kier alpha value is -1.94. The highest BCUT2D eigenvalue weighted by molar-refractivity contribution is 7.47. The number of esters is 4. The number of carbonyl (C=O) groups excluding carboxylic acids is 4. The molecule has 0 aliphatic heterocycles. The average molecular weight is 1580 g/mol. The van der Waals surface area contributed by atoms with Crippen molar-refractivity contribution in [3.05, 3.63) is 0 Å². The first-order chi connectivity index (χ1) is 52.4. The third-order valence-electron chi connectivity index (χ3n) is 21.0. The highest BCUT2D eigenvalue weighted by atomic mass is 31.2. The molecule has 0 saturated heterocycles. The normalized spacial score (nSPS) is 13.8. The Balaban J connectivity index is 5.25. The smallest absolute Gasteiger partial charge is 0.462 e. The van der Waals surface area contributed by atoms with E-state index in [1.165, 1.54) is 295 Å². The van der Waals surface area contributed by atoms with Gasteiger partial charge in [0.25, 0.3) is 0 Å². The molecule has 0 spiro atoms. The summed E-state index contributed by atoms with van der Waals surface area (Å²) in [7, 11) is -9.93. The van der Waals surface area contributed by atoms with Gasteiger partial charge in [0.1, 0.15) is 19.3 Å². The molecular weight excluding hydrogens is 1400 g/mol. The van der Waals surface area contributed by atoms with Crippen LogP contribution in [0.1, 0.15) is 478 Å². The number of phosphoric ester groups is 2. The van der Waals surface area contributed by atoms with E-state index < -0.39 is 97.5 Å². The number of hydrogen-bond acceptors (Lipinski definition) is 15. The minimum absolute atomic E-state index is 0.107. The van der Waals surface area contributed by atoms with Crippen LogP contribution in [0.2, 0.25) is 0 Å². The van der Waals surface area contributed by atoms with Gasteiger partial charge in [0.2, 0.25) is 0 Å². The van der Waals surface area contributed by atoms with E-state index in [-0.39, 0.29) is 25.7 Å². The van der Waals surface area contributed by atoms with Gasteiger partial charge >= 0.3 is 39.5 Å². The van der Waals surface area contributed by atoms with Gasteiger partial charge in [-0.25, -0.2) is 9.13 Å². The first-order valence-electron chi connectivity index (χ1n) is 46.0. The van der Waals surface area contributed by atoms with Gasteiger partial charge in [-0.15, -0.1) is 0 Å². The van der Waals surface area contributed by atoms with Crippen molar-refractivity contribution in [2.24, 2.45) is 11.8 Å². The molecule has 0 amide bonds. The number of aliphatic hydroxyl groups excluding tert-OH is 1. The Morgan fingerprint density at radius 3 is 0.630 bits per heavy atom. The quantitative estimate of drug-likeness (QED) is 0.0222. The molecule has 0 radical (unpaired) electrons. The molecule has 19 heteroatoms. The average Bonchev–Trinajstić information content (AvgIpc) is 0.902. The fourth-order valence-electron chi connectivity index (χ4n) is 14.0. The molecule has 0 aliphatic rings. The van der Waals surface area contributed by atoms with Crippen molar-refractivity contribution in [3.8, 4) is 0 Å². The molecule has 108 heavy (non-hydrogen) atoms. The van der Waals surface area contributed by atoms with Crippen LogP contribution in [0.25, 0.3) is 0 Å². The maximum atomic E-state index is 13.2. The van der Waals surface area contributed by atoms with Gasteiger partial charge in [0.15, 0.2) is 12.2 Å². The van der Waals surface area contributed by atoms with E-state index in [0.29, 0.717) is 25.7 Å². The van der Waals surface area contributed by atoms with Crippen LogP contribution in [0.15, 0.2) is 0 Å². The van der Waals surface area contributed by atoms with Gasteiger partial charge in [-0.3, -0.25) is 37.3 Å². The summed E-state index contributed by atoms with van der Waals surface area (Å²) >= 11 is 0. The summed E-state index contributed by atoms with van der Waals surface area (Å²) in [6.45, 7) is 9.69. The fraction of sp³-hybridized carbons (Fsp3) is 0.955. The first kappa shape index (κ1) is 106. The molecule has 642 valence electrons. The monoisotopic (exact) mass is 1580 g/mol. The summed E-state index contributed by atoms with van der Waals surface area (Å²) in [5.74, 6) is -0.569.